The first-order valence-corrected chi connectivity index (χ1v) is 18.2. The molecular formula is C42H60O3. The zero-order valence-electron chi connectivity index (χ0n) is 28.6. The van der Waals surface area contributed by atoms with Gasteiger partial charge in [-0.15, -0.1) is 0 Å². The summed E-state index contributed by atoms with van der Waals surface area (Å²) in [5.74, 6) is -0.882. The molecule has 0 heterocycles. The number of unbranched alkanes of at least 4 members (excludes halogenated alkanes) is 15. The zero-order chi connectivity index (χ0) is 32.1. The molecule has 0 amide bonds. The van der Waals surface area contributed by atoms with E-state index < -0.39 is 5.97 Å². The molecule has 1 unspecified atom stereocenters. The average Bonchev–Trinajstić information content (AvgIpc) is 3.06. The normalized spacial score (nSPS) is 12.0. The topological polar surface area (TPSA) is 46.5 Å². The van der Waals surface area contributed by atoms with Crippen LogP contribution in [-0.2, 0) is 11.2 Å². The second kappa shape index (κ2) is 21.8. The van der Waals surface area contributed by atoms with Crippen LogP contribution in [0, 0.1) is 0 Å². The molecule has 0 saturated heterocycles. The van der Waals surface area contributed by atoms with Crippen LogP contribution in [0.4, 0.5) is 0 Å². The Morgan fingerprint density at radius 3 is 1.76 bits per heavy atom. The van der Waals surface area contributed by atoms with E-state index in [2.05, 4.69) is 69.3 Å². The molecule has 0 spiro atoms. The van der Waals surface area contributed by atoms with Crippen molar-refractivity contribution in [1.82, 2.24) is 0 Å². The largest absolute Gasteiger partial charge is 0.478 e. The SMILES string of the molecule is CCCCCCCCCCCCc1ccccc1-c1cc(-c2ccc(C(C)OCCCCCCCCC)cc2)ccc1C(=O)O. The minimum atomic E-state index is -0.882. The number of aromatic carboxylic acids is 1. The number of carbonyl (C=O) groups is 1. The van der Waals surface area contributed by atoms with E-state index in [-0.39, 0.29) is 6.10 Å². The number of carboxylic acid groups (broad SMARTS) is 1. The van der Waals surface area contributed by atoms with Gasteiger partial charge in [-0.25, -0.2) is 4.79 Å². The number of ether oxygens (including phenoxy) is 1. The van der Waals surface area contributed by atoms with Crippen LogP contribution >= 0.6 is 0 Å². The van der Waals surface area contributed by atoms with Crippen molar-refractivity contribution in [3.8, 4) is 22.3 Å². The molecule has 3 rings (SSSR count). The first-order chi connectivity index (χ1) is 22.0. The summed E-state index contributed by atoms with van der Waals surface area (Å²) in [7, 11) is 0. The maximum atomic E-state index is 12.3. The highest BCUT2D eigenvalue weighted by Gasteiger charge is 2.16. The van der Waals surface area contributed by atoms with Crippen molar-refractivity contribution in [2.24, 2.45) is 0 Å². The van der Waals surface area contributed by atoms with Gasteiger partial charge in [0, 0.05) is 6.61 Å². The molecule has 0 fully saturated rings. The van der Waals surface area contributed by atoms with Gasteiger partial charge in [-0.2, -0.15) is 0 Å². The molecule has 0 aliphatic carbocycles. The molecule has 0 saturated carbocycles. The predicted molar refractivity (Wildman–Crippen MR) is 192 cm³/mol. The van der Waals surface area contributed by atoms with Crippen molar-refractivity contribution in [3.63, 3.8) is 0 Å². The molecular weight excluding hydrogens is 552 g/mol. The van der Waals surface area contributed by atoms with Gasteiger partial charge in [0.05, 0.1) is 11.7 Å². The molecule has 3 nitrogen and oxygen atoms in total. The van der Waals surface area contributed by atoms with Gasteiger partial charge in [-0.3, -0.25) is 0 Å². The van der Waals surface area contributed by atoms with Gasteiger partial charge in [0.25, 0.3) is 0 Å². The number of benzene rings is 3. The van der Waals surface area contributed by atoms with Crippen molar-refractivity contribution in [3.05, 3.63) is 83.4 Å². The lowest BCUT2D eigenvalue weighted by Gasteiger charge is -2.16. The van der Waals surface area contributed by atoms with E-state index >= 15 is 0 Å². The van der Waals surface area contributed by atoms with Crippen LogP contribution in [0.5, 0.6) is 0 Å². The molecule has 1 atom stereocenters. The summed E-state index contributed by atoms with van der Waals surface area (Å²) in [6.07, 6.45) is 23.1. The molecule has 1 N–H and O–H groups in total. The number of hydrogen-bond donors (Lipinski definition) is 1. The lowest BCUT2D eigenvalue weighted by atomic mass is 9.90. The Labute approximate surface area is 274 Å². The summed E-state index contributed by atoms with van der Waals surface area (Å²) in [6, 6.07) is 22.7. The van der Waals surface area contributed by atoms with Gasteiger partial charge in [0.1, 0.15) is 0 Å². The van der Waals surface area contributed by atoms with Crippen molar-refractivity contribution in [1.29, 1.82) is 0 Å². The minimum Gasteiger partial charge on any atom is -0.478 e. The maximum absolute atomic E-state index is 12.3. The maximum Gasteiger partial charge on any atom is 0.336 e. The van der Waals surface area contributed by atoms with Crippen molar-refractivity contribution in [2.75, 3.05) is 6.61 Å². The molecule has 0 aliphatic rings. The lowest BCUT2D eigenvalue weighted by Crippen LogP contribution is -2.02. The summed E-state index contributed by atoms with van der Waals surface area (Å²) in [4.78, 5) is 12.3. The van der Waals surface area contributed by atoms with Gasteiger partial charge < -0.3 is 9.84 Å². The van der Waals surface area contributed by atoms with Crippen LogP contribution in [0.3, 0.4) is 0 Å². The fourth-order valence-corrected chi connectivity index (χ4v) is 6.30. The minimum absolute atomic E-state index is 0.0572. The highest BCUT2D eigenvalue weighted by atomic mass is 16.5. The molecule has 246 valence electrons. The summed E-state index contributed by atoms with van der Waals surface area (Å²) in [5, 5.41) is 10.1. The van der Waals surface area contributed by atoms with Crippen LogP contribution in [0.1, 0.15) is 158 Å². The Bertz CT molecular complexity index is 1230. The van der Waals surface area contributed by atoms with E-state index in [0.717, 1.165) is 48.1 Å². The van der Waals surface area contributed by atoms with Gasteiger partial charge >= 0.3 is 5.97 Å². The van der Waals surface area contributed by atoms with Crippen molar-refractivity contribution in [2.45, 2.75) is 142 Å². The summed E-state index contributed by atoms with van der Waals surface area (Å²) in [6.45, 7) is 7.45. The Morgan fingerprint density at radius 2 is 1.16 bits per heavy atom. The van der Waals surface area contributed by atoms with E-state index in [0.29, 0.717) is 5.56 Å². The van der Waals surface area contributed by atoms with E-state index in [9.17, 15) is 9.90 Å². The lowest BCUT2D eigenvalue weighted by molar-refractivity contribution is 0.0627. The standard InChI is InChI=1S/C42H60O3/c1-4-6-8-10-12-13-14-15-17-19-23-37-24-20-21-25-39(37)41-33-38(30-31-40(41)42(43)44)36-28-26-35(27-29-36)34(3)45-32-22-18-16-11-9-7-5-2/h20-21,24-31,33-34H,4-19,22-23,32H2,1-3H3,(H,43,44). The predicted octanol–water partition coefficient (Wildman–Crippen LogP) is 13.0. The van der Waals surface area contributed by atoms with Gasteiger partial charge in [-0.05, 0) is 71.7 Å². The third kappa shape index (κ3) is 13.2. The molecule has 0 aromatic heterocycles. The zero-order valence-corrected chi connectivity index (χ0v) is 28.6. The fraction of sp³-hybridized carbons (Fsp3) is 0.548. The van der Waals surface area contributed by atoms with Crippen LogP contribution in [0.2, 0.25) is 0 Å². The third-order valence-electron chi connectivity index (χ3n) is 9.19. The highest BCUT2D eigenvalue weighted by molar-refractivity contribution is 5.97. The van der Waals surface area contributed by atoms with E-state index in [1.807, 2.05) is 12.1 Å². The van der Waals surface area contributed by atoms with Crippen LogP contribution in [0.15, 0.2) is 66.7 Å². The molecule has 0 bridgehead atoms. The second-order valence-corrected chi connectivity index (χ2v) is 12.9. The Morgan fingerprint density at radius 1 is 0.622 bits per heavy atom. The molecule has 3 heteroatoms. The Kier molecular flexibility index (Phi) is 17.7. The third-order valence-corrected chi connectivity index (χ3v) is 9.19. The summed E-state index contributed by atoms with van der Waals surface area (Å²) < 4.78 is 6.15. The number of aryl methyl sites for hydroxylation is 1. The molecule has 3 aromatic rings. The smallest absolute Gasteiger partial charge is 0.336 e. The Hall–Kier alpha value is -2.91. The number of carboxylic acids is 1. The van der Waals surface area contributed by atoms with E-state index in [1.54, 1.807) is 6.07 Å². The second-order valence-electron chi connectivity index (χ2n) is 12.9. The first-order valence-electron chi connectivity index (χ1n) is 18.2. The first kappa shape index (κ1) is 36.6. The van der Waals surface area contributed by atoms with Gasteiger partial charge in [0.2, 0.25) is 0 Å². The number of rotatable bonds is 24. The quantitative estimate of drug-likeness (QED) is 0.102. The van der Waals surface area contributed by atoms with E-state index in [1.165, 1.54) is 107 Å². The highest BCUT2D eigenvalue weighted by Crippen LogP contribution is 2.33. The average molecular weight is 613 g/mol. The summed E-state index contributed by atoms with van der Waals surface area (Å²) >= 11 is 0. The Balaban J connectivity index is 1.59. The molecule has 0 radical (unpaired) electrons. The van der Waals surface area contributed by atoms with Crippen LogP contribution in [-0.4, -0.2) is 17.7 Å². The monoisotopic (exact) mass is 612 g/mol. The summed E-state index contributed by atoms with van der Waals surface area (Å²) in [5.41, 5.74) is 6.73. The molecule has 45 heavy (non-hydrogen) atoms. The van der Waals surface area contributed by atoms with Crippen molar-refractivity contribution >= 4 is 5.97 Å². The van der Waals surface area contributed by atoms with Crippen LogP contribution in [0.25, 0.3) is 22.3 Å². The van der Waals surface area contributed by atoms with Gasteiger partial charge in [-0.1, -0.05) is 165 Å². The van der Waals surface area contributed by atoms with Crippen molar-refractivity contribution < 1.29 is 14.6 Å². The van der Waals surface area contributed by atoms with E-state index in [4.69, 9.17) is 4.74 Å². The fourth-order valence-electron chi connectivity index (χ4n) is 6.30. The van der Waals surface area contributed by atoms with Crippen LogP contribution < -0.4 is 0 Å². The molecule has 3 aromatic carbocycles. The molecule has 0 aliphatic heterocycles. The van der Waals surface area contributed by atoms with Gasteiger partial charge in [0.15, 0.2) is 0 Å². The number of hydrogen-bond acceptors (Lipinski definition) is 2.